The van der Waals surface area contributed by atoms with E-state index in [1.807, 2.05) is 6.92 Å². The predicted molar refractivity (Wildman–Crippen MR) is 82.7 cm³/mol. The Kier molecular flexibility index (Phi) is 5.82. The van der Waals surface area contributed by atoms with Gasteiger partial charge in [-0.15, -0.1) is 12.4 Å². The number of halogens is 1. The number of sulfonamides is 1. The van der Waals surface area contributed by atoms with Gasteiger partial charge in [0.25, 0.3) is 0 Å². The molecule has 0 spiro atoms. The highest BCUT2D eigenvalue weighted by Gasteiger charge is 2.26. The number of nitrogens with one attached hydrogen (secondary N) is 2. The molecule has 114 valence electrons. The second kappa shape index (κ2) is 6.76. The van der Waals surface area contributed by atoms with E-state index in [-0.39, 0.29) is 18.4 Å². The molecule has 5 nitrogen and oxygen atoms in total. The summed E-state index contributed by atoms with van der Waals surface area (Å²) in [5.74, 6) is 0. The van der Waals surface area contributed by atoms with Crippen LogP contribution in [0.2, 0.25) is 0 Å². The van der Waals surface area contributed by atoms with Gasteiger partial charge in [0, 0.05) is 17.8 Å². The van der Waals surface area contributed by atoms with Gasteiger partial charge in [0.2, 0.25) is 10.0 Å². The monoisotopic (exact) mass is 320 g/mol. The molecular formula is C13H21ClN2O3S. The van der Waals surface area contributed by atoms with Gasteiger partial charge < -0.3 is 10.4 Å². The number of aliphatic hydroxyl groups is 1. The second-order valence-corrected chi connectivity index (χ2v) is 6.92. The molecule has 2 atom stereocenters. The fourth-order valence-electron chi connectivity index (χ4n) is 2.00. The van der Waals surface area contributed by atoms with Crippen LogP contribution in [-0.4, -0.2) is 31.9 Å². The number of aliphatic hydroxyl groups excluding tert-OH is 1. The third-order valence-electron chi connectivity index (χ3n) is 3.08. The molecule has 0 heterocycles. The zero-order valence-corrected chi connectivity index (χ0v) is 13.2. The van der Waals surface area contributed by atoms with Crippen LogP contribution >= 0.6 is 12.4 Å². The average Bonchev–Trinajstić information content (AvgIpc) is 3.10. The normalized spacial score (nSPS) is 17.9. The minimum atomic E-state index is -3.30. The first kappa shape index (κ1) is 17.2. The summed E-state index contributed by atoms with van der Waals surface area (Å²) >= 11 is 0. The Balaban J connectivity index is 0.00000200. The molecule has 1 aromatic carbocycles. The molecule has 0 bridgehead atoms. The summed E-state index contributed by atoms with van der Waals surface area (Å²) in [6.45, 7) is 1.93. The highest BCUT2D eigenvalue weighted by molar-refractivity contribution is 7.92. The number of hydrogen-bond acceptors (Lipinski definition) is 4. The number of anilines is 1. The molecule has 1 aliphatic carbocycles. The Hall–Kier alpha value is -0.820. The van der Waals surface area contributed by atoms with Crippen LogP contribution in [0.5, 0.6) is 0 Å². The van der Waals surface area contributed by atoms with Gasteiger partial charge in [0.15, 0.2) is 0 Å². The second-order valence-electron chi connectivity index (χ2n) is 5.17. The highest BCUT2D eigenvalue weighted by Crippen LogP contribution is 2.25. The lowest BCUT2D eigenvalue weighted by Crippen LogP contribution is -2.33. The van der Waals surface area contributed by atoms with E-state index < -0.39 is 16.1 Å². The van der Waals surface area contributed by atoms with E-state index in [0.717, 1.165) is 19.1 Å². The lowest BCUT2D eigenvalue weighted by Gasteiger charge is -2.21. The maximum absolute atomic E-state index is 11.2. The largest absolute Gasteiger partial charge is 0.387 e. The van der Waals surface area contributed by atoms with Crippen LogP contribution in [0.4, 0.5) is 5.69 Å². The Bertz CT molecular complexity index is 546. The Morgan fingerprint density at radius 1 is 1.35 bits per heavy atom. The minimum absolute atomic E-state index is 0. The van der Waals surface area contributed by atoms with Gasteiger partial charge in [0.1, 0.15) is 0 Å². The number of hydrogen-bond donors (Lipinski definition) is 3. The van der Waals surface area contributed by atoms with Gasteiger partial charge in [0.05, 0.1) is 12.4 Å². The quantitative estimate of drug-likeness (QED) is 0.745. The summed E-state index contributed by atoms with van der Waals surface area (Å²) in [5, 5.41) is 13.6. The molecule has 2 rings (SSSR count). The van der Waals surface area contributed by atoms with E-state index in [2.05, 4.69) is 10.0 Å². The van der Waals surface area contributed by atoms with Crippen LogP contribution < -0.4 is 10.0 Å². The molecule has 0 radical (unpaired) electrons. The smallest absolute Gasteiger partial charge is 0.229 e. The summed E-state index contributed by atoms with van der Waals surface area (Å²) in [7, 11) is -3.30. The van der Waals surface area contributed by atoms with Gasteiger partial charge in [-0.2, -0.15) is 0 Å². The fourth-order valence-corrected chi connectivity index (χ4v) is 2.56. The van der Waals surface area contributed by atoms with Crippen LogP contribution in [0.3, 0.4) is 0 Å². The van der Waals surface area contributed by atoms with Crippen LogP contribution in [0, 0.1) is 0 Å². The van der Waals surface area contributed by atoms with Crippen molar-refractivity contribution in [3.63, 3.8) is 0 Å². The molecule has 0 amide bonds. The summed E-state index contributed by atoms with van der Waals surface area (Å²) in [6, 6.07) is 7.31. The first-order valence-electron chi connectivity index (χ1n) is 6.37. The summed E-state index contributed by atoms with van der Waals surface area (Å²) < 4.78 is 24.8. The Morgan fingerprint density at radius 2 is 2.00 bits per heavy atom. The number of rotatable bonds is 6. The standard InChI is InChI=1S/C13H20N2O3S.ClH/c1-9(14-11-6-7-11)13(16)10-4-3-5-12(8-10)15-19(2,17)18;/h3-5,8-9,11,13-16H,6-7H2,1-2H3;1H. The highest BCUT2D eigenvalue weighted by atomic mass is 35.5. The predicted octanol–water partition coefficient (Wildman–Crippen LogP) is 1.65. The lowest BCUT2D eigenvalue weighted by atomic mass is 10.0. The SMILES string of the molecule is CC(NC1CC1)C(O)c1cccc(NS(C)(=O)=O)c1.Cl. The van der Waals surface area contributed by atoms with Crippen LogP contribution in [0.1, 0.15) is 31.4 Å². The van der Waals surface area contributed by atoms with Crippen molar-refractivity contribution in [2.75, 3.05) is 11.0 Å². The van der Waals surface area contributed by atoms with Crippen LogP contribution in [-0.2, 0) is 10.0 Å². The molecule has 1 fully saturated rings. The van der Waals surface area contributed by atoms with Crippen LogP contribution in [0.25, 0.3) is 0 Å². The van der Waals surface area contributed by atoms with E-state index in [1.54, 1.807) is 24.3 Å². The summed E-state index contributed by atoms with van der Waals surface area (Å²) in [5.41, 5.74) is 1.17. The molecular weight excluding hydrogens is 300 g/mol. The van der Waals surface area contributed by atoms with Crippen LogP contribution in [0.15, 0.2) is 24.3 Å². The van der Waals surface area contributed by atoms with Gasteiger partial charge in [-0.25, -0.2) is 8.42 Å². The van der Waals surface area contributed by atoms with Crippen molar-refractivity contribution >= 4 is 28.1 Å². The first-order valence-corrected chi connectivity index (χ1v) is 8.26. The molecule has 0 saturated heterocycles. The lowest BCUT2D eigenvalue weighted by molar-refractivity contribution is 0.135. The zero-order chi connectivity index (χ0) is 14.0. The van der Waals surface area contributed by atoms with Crippen molar-refractivity contribution in [2.24, 2.45) is 0 Å². The van der Waals surface area contributed by atoms with Crippen molar-refractivity contribution in [3.05, 3.63) is 29.8 Å². The van der Waals surface area contributed by atoms with Gasteiger partial charge in [-0.3, -0.25) is 4.72 Å². The molecule has 1 saturated carbocycles. The van der Waals surface area contributed by atoms with E-state index in [1.165, 1.54) is 0 Å². The molecule has 1 aromatic rings. The van der Waals surface area contributed by atoms with E-state index in [0.29, 0.717) is 17.3 Å². The Labute approximate surface area is 126 Å². The van der Waals surface area contributed by atoms with Gasteiger partial charge in [-0.05, 0) is 37.5 Å². The molecule has 1 aliphatic rings. The molecule has 20 heavy (non-hydrogen) atoms. The Morgan fingerprint density at radius 3 is 2.55 bits per heavy atom. The van der Waals surface area contributed by atoms with Crippen molar-refractivity contribution in [2.45, 2.75) is 38.0 Å². The molecule has 3 N–H and O–H groups in total. The maximum atomic E-state index is 11.2. The van der Waals surface area contributed by atoms with Crippen molar-refractivity contribution in [3.8, 4) is 0 Å². The number of benzene rings is 1. The molecule has 2 unspecified atom stereocenters. The van der Waals surface area contributed by atoms with Crippen molar-refractivity contribution in [1.29, 1.82) is 0 Å². The van der Waals surface area contributed by atoms with E-state index in [4.69, 9.17) is 0 Å². The van der Waals surface area contributed by atoms with Gasteiger partial charge in [-0.1, -0.05) is 12.1 Å². The van der Waals surface area contributed by atoms with Crippen molar-refractivity contribution < 1.29 is 13.5 Å². The minimum Gasteiger partial charge on any atom is -0.387 e. The zero-order valence-electron chi connectivity index (χ0n) is 11.5. The molecule has 0 aliphatic heterocycles. The maximum Gasteiger partial charge on any atom is 0.229 e. The molecule has 7 heteroatoms. The summed E-state index contributed by atoms with van der Waals surface area (Å²) in [6.07, 6.45) is 2.77. The topological polar surface area (TPSA) is 78.4 Å². The van der Waals surface area contributed by atoms with Gasteiger partial charge >= 0.3 is 0 Å². The summed E-state index contributed by atoms with van der Waals surface area (Å²) in [4.78, 5) is 0. The molecule has 0 aromatic heterocycles. The average molecular weight is 321 g/mol. The third-order valence-corrected chi connectivity index (χ3v) is 3.69. The third kappa shape index (κ3) is 5.28. The van der Waals surface area contributed by atoms with E-state index >= 15 is 0 Å². The van der Waals surface area contributed by atoms with E-state index in [9.17, 15) is 13.5 Å². The fraction of sp³-hybridized carbons (Fsp3) is 0.538. The first-order chi connectivity index (χ1) is 8.85. The van der Waals surface area contributed by atoms with Crippen molar-refractivity contribution in [1.82, 2.24) is 5.32 Å².